The van der Waals surface area contributed by atoms with E-state index >= 15 is 0 Å². The highest BCUT2D eigenvalue weighted by atomic mass is 35.5. The lowest BCUT2D eigenvalue weighted by molar-refractivity contribution is 0.0986. The molecule has 1 amide bonds. The Morgan fingerprint density at radius 1 is 1.03 bits per heavy atom. The number of aromatic nitrogens is 1. The molecule has 1 aromatic heterocycles. The summed E-state index contributed by atoms with van der Waals surface area (Å²) in [5.74, 6) is -0.140. The summed E-state index contributed by atoms with van der Waals surface area (Å²) < 4.78 is 25.2. The molecule has 2 aromatic carbocycles. The van der Waals surface area contributed by atoms with Gasteiger partial charge in [0.2, 0.25) is 0 Å². The summed E-state index contributed by atoms with van der Waals surface area (Å²) in [4.78, 5) is 22.3. The zero-order valence-corrected chi connectivity index (χ0v) is 21.3. The minimum atomic E-state index is -3.30. The van der Waals surface area contributed by atoms with Gasteiger partial charge in [-0.2, -0.15) is 0 Å². The lowest BCUT2D eigenvalue weighted by Gasteiger charge is -2.21. The lowest BCUT2D eigenvalue weighted by atomic mass is 10.1. The molecule has 0 spiro atoms. The quantitative estimate of drug-likeness (QED) is 0.431. The largest absolute Gasteiger partial charge is 0.309 e. The smallest absolute Gasteiger partial charge is 0.260 e. The van der Waals surface area contributed by atoms with Crippen LogP contribution in [-0.2, 0) is 16.3 Å². The second kappa shape index (κ2) is 11.2. The molecule has 0 aliphatic rings. The Hall–Kier alpha value is -2.00. The average Bonchev–Trinajstić information content (AvgIpc) is 3.20. The lowest BCUT2D eigenvalue weighted by Crippen LogP contribution is -2.33. The van der Waals surface area contributed by atoms with Gasteiger partial charge in [-0.25, -0.2) is 13.4 Å². The molecule has 0 N–H and O–H groups in total. The molecule has 0 saturated carbocycles. The predicted octanol–water partition coefficient (Wildman–Crippen LogP) is 4.67. The number of halogens is 1. The van der Waals surface area contributed by atoms with Gasteiger partial charge in [0.25, 0.3) is 5.91 Å². The van der Waals surface area contributed by atoms with Crippen LogP contribution in [0.1, 0.15) is 36.2 Å². The summed E-state index contributed by atoms with van der Waals surface area (Å²) >= 11 is 1.51. The van der Waals surface area contributed by atoms with E-state index in [1.165, 1.54) is 23.5 Å². The maximum absolute atomic E-state index is 13.4. The number of aryl methyl sites for hydroxylation is 1. The molecule has 0 saturated heterocycles. The third-order valence-electron chi connectivity index (χ3n) is 5.18. The van der Waals surface area contributed by atoms with Crippen LogP contribution in [0.4, 0.5) is 5.13 Å². The van der Waals surface area contributed by atoms with Gasteiger partial charge in [-0.1, -0.05) is 37.3 Å². The highest BCUT2D eigenvalue weighted by Crippen LogP contribution is 2.32. The third-order valence-corrected chi connectivity index (χ3v) is 7.97. The van der Waals surface area contributed by atoms with E-state index in [4.69, 9.17) is 4.98 Å². The molecule has 9 heteroatoms. The molecule has 32 heavy (non-hydrogen) atoms. The maximum Gasteiger partial charge on any atom is 0.260 e. The van der Waals surface area contributed by atoms with Crippen LogP contribution in [0, 0.1) is 0 Å². The van der Waals surface area contributed by atoms with Gasteiger partial charge >= 0.3 is 0 Å². The van der Waals surface area contributed by atoms with Crippen LogP contribution in [0.2, 0.25) is 0 Å². The molecule has 0 bridgehead atoms. The second-order valence-electron chi connectivity index (χ2n) is 7.66. The van der Waals surface area contributed by atoms with Gasteiger partial charge in [-0.05, 0) is 69.4 Å². The van der Waals surface area contributed by atoms with Crippen LogP contribution in [0.15, 0.2) is 47.4 Å². The number of rotatable bonds is 9. The van der Waals surface area contributed by atoms with E-state index in [-0.39, 0.29) is 29.0 Å². The normalized spacial score (nSPS) is 11.5. The number of amides is 1. The standard InChI is InChI=1S/C23H29N3O3S2.ClH/c1-5-17-9-7-10-20-21(17)24-23(30-20)26(16-8-15-25(3)4)22(27)18-11-13-19(14-12-18)31(28,29)6-2;/h7,9-14H,5-6,8,15-16H2,1-4H3;1H. The van der Waals surface area contributed by atoms with Gasteiger partial charge in [0.15, 0.2) is 15.0 Å². The Bertz CT molecular complexity index is 1160. The first-order valence-electron chi connectivity index (χ1n) is 10.4. The van der Waals surface area contributed by atoms with Gasteiger partial charge in [0.05, 0.1) is 20.9 Å². The summed E-state index contributed by atoms with van der Waals surface area (Å²) in [5, 5.41) is 0.671. The predicted molar refractivity (Wildman–Crippen MR) is 135 cm³/mol. The molecule has 0 fully saturated rings. The number of thiazole rings is 1. The molecule has 0 atom stereocenters. The van der Waals surface area contributed by atoms with E-state index < -0.39 is 9.84 Å². The first-order valence-corrected chi connectivity index (χ1v) is 12.9. The fourth-order valence-electron chi connectivity index (χ4n) is 3.35. The Morgan fingerprint density at radius 2 is 1.72 bits per heavy atom. The van der Waals surface area contributed by atoms with Gasteiger partial charge in [0, 0.05) is 12.1 Å². The zero-order valence-electron chi connectivity index (χ0n) is 18.9. The average molecular weight is 496 g/mol. The summed E-state index contributed by atoms with van der Waals surface area (Å²) in [6.07, 6.45) is 1.68. The minimum Gasteiger partial charge on any atom is -0.309 e. The van der Waals surface area contributed by atoms with E-state index in [0.717, 1.165) is 35.2 Å². The molecule has 0 radical (unpaired) electrons. The number of benzene rings is 2. The van der Waals surface area contributed by atoms with Crippen molar-refractivity contribution in [1.82, 2.24) is 9.88 Å². The van der Waals surface area contributed by atoms with Crippen molar-refractivity contribution in [1.29, 1.82) is 0 Å². The third kappa shape index (κ3) is 5.86. The Balaban J connectivity index is 0.00000363. The molecule has 0 aliphatic heterocycles. The van der Waals surface area contributed by atoms with Gasteiger partial charge in [-0.15, -0.1) is 12.4 Å². The van der Waals surface area contributed by atoms with Crippen molar-refractivity contribution < 1.29 is 13.2 Å². The minimum absolute atomic E-state index is 0. The van der Waals surface area contributed by atoms with Crippen molar-refractivity contribution in [3.63, 3.8) is 0 Å². The van der Waals surface area contributed by atoms with Crippen LogP contribution >= 0.6 is 23.7 Å². The van der Waals surface area contributed by atoms with E-state index in [0.29, 0.717) is 17.2 Å². The van der Waals surface area contributed by atoms with Crippen LogP contribution in [0.3, 0.4) is 0 Å². The maximum atomic E-state index is 13.4. The second-order valence-corrected chi connectivity index (χ2v) is 10.9. The summed E-state index contributed by atoms with van der Waals surface area (Å²) in [7, 11) is 0.706. The molecule has 3 aromatic rings. The molecular weight excluding hydrogens is 466 g/mol. The van der Waals surface area contributed by atoms with E-state index in [1.807, 2.05) is 26.2 Å². The molecule has 174 valence electrons. The molecular formula is C23H30ClN3O3S2. The number of hydrogen-bond acceptors (Lipinski definition) is 6. The highest BCUT2D eigenvalue weighted by molar-refractivity contribution is 7.91. The number of carbonyl (C=O) groups excluding carboxylic acids is 1. The van der Waals surface area contributed by atoms with Crippen LogP contribution in [0.25, 0.3) is 10.2 Å². The molecule has 1 heterocycles. The molecule has 0 unspecified atom stereocenters. The van der Waals surface area contributed by atoms with Crippen molar-refractivity contribution in [3.05, 3.63) is 53.6 Å². The van der Waals surface area contributed by atoms with E-state index in [1.54, 1.807) is 24.0 Å². The fourth-order valence-corrected chi connectivity index (χ4v) is 5.27. The van der Waals surface area contributed by atoms with Crippen LogP contribution in [-0.4, -0.2) is 57.1 Å². The van der Waals surface area contributed by atoms with Gasteiger partial charge < -0.3 is 4.90 Å². The van der Waals surface area contributed by atoms with Gasteiger partial charge in [-0.3, -0.25) is 9.69 Å². The van der Waals surface area contributed by atoms with E-state index in [9.17, 15) is 13.2 Å². The van der Waals surface area contributed by atoms with E-state index in [2.05, 4.69) is 17.9 Å². The Labute approximate surface area is 200 Å². The molecule has 0 aliphatic carbocycles. The topological polar surface area (TPSA) is 70.6 Å². The monoisotopic (exact) mass is 495 g/mol. The number of carbonyl (C=O) groups is 1. The highest BCUT2D eigenvalue weighted by Gasteiger charge is 2.22. The van der Waals surface area contributed by atoms with Crippen molar-refractivity contribution in [2.75, 3.05) is 37.8 Å². The van der Waals surface area contributed by atoms with Crippen molar-refractivity contribution in [3.8, 4) is 0 Å². The number of sulfone groups is 1. The number of para-hydroxylation sites is 1. The number of fused-ring (bicyclic) bond motifs is 1. The first kappa shape index (κ1) is 26.3. The summed E-state index contributed by atoms with van der Waals surface area (Å²) in [6, 6.07) is 12.3. The number of nitrogens with zero attached hydrogens (tertiary/aromatic N) is 3. The first-order chi connectivity index (χ1) is 14.8. The van der Waals surface area contributed by atoms with Crippen molar-refractivity contribution in [2.24, 2.45) is 0 Å². The van der Waals surface area contributed by atoms with Crippen molar-refractivity contribution >= 4 is 54.8 Å². The Kier molecular flexibility index (Phi) is 9.21. The number of hydrogen-bond donors (Lipinski definition) is 0. The van der Waals surface area contributed by atoms with Crippen molar-refractivity contribution in [2.45, 2.75) is 31.6 Å². The summed E-state index contributed by atoms with van der Waals surface area (Å²) in [5.41, 5.74) is 2.56. The molecule has 3 rings (SSSR count). The molecule has 6 nitrogen and oxygen atoms in total. The van der Waals surface area contributed by atoms with Crippen LogP contribution in [0.5, 0.6) is 0 Å². The van der Waals surface area contributed by atoms with Gasteiger partial charge in [0.1, 0.15) is 0 Å². The van der Waals surface area contributed by atoms with Crippen LogP contribution < -0.4 is 4.90 Å². The summed E-state index contributed by atoms with van der Waals surface area (Å²) in [6.45, 7) is 5.09. The zero-order chi connectivity index (χ0) is 22.6. The number of anilines is 1. The SMILES string of the molecule is CCc1cccc2sc(N(CCCN(C)C)C(=O)c3ccc(S(=O)(=O)CC)cc3)nc12.Cl. The Morgan fingerprint density at radius 3 is 2.31 bits per heavy atom. The fraction of sp³-hybridized carbons (Fsp3) is 0.391.